The molecular weight excluding hydrogens is 439 g/mol. The van der Waals surface area contributed by atoms with E-state index in [9.17, 15) is 4.79 Å². The van der Waals surface area contributed by atoms with Gasteiger partial charge in [0.2, 0.25) is 0 Å². The topological polar surface area (TPSA) is 26.3 Å². The van der Waals surface area contributed by atoms with Crippen molar-refractivity contribution in [1.29, 1.82) is 0 Å². The Hall–Kier alpha value is -2.78. The van der Waals surface area contributed by atoms with Gasteiger partial charge >= 0.3 is 5.97 Å². The third kappa shape index (κ3) is 4.36. The van der Waals surface area contributed by atoms with Gasteiger partial charge in [0.25, 0.3) is 0 Å². The molecular formula is C25H15Cl3O2. The van der Waals surface area contributed by atoms with E-state index in [-0.39, 0.29) is 15.8 Å². The average Bonchev–Trinajstić information content (AvgIpc) is 2.78. The first-order valence-corrected chi connectivity index (χ1v) is 10.3. The molecule has 0 unspecified atom stereocenters. The highest BCUT2D eigenvalue weighted by molar-refractivity contribution is 6.43. The first kappa shape index (κ1) is 20.5. The van der Waals surface area contributed by atoms with Gasteiger partial charge in [-0.1, -0.05) is 102 Å². The third-order valence-electron chi connectivity index (χ3n) is 4.60. The van der Waals surface area contributed by atoms with Crippen molar-refractivity contribution in [2.75, 3.05) is 0 Å². The minimum atomic E-state index is -0.535. The van der Waals surface area contributed by atoms with E-state index < -0.39 is 5.97 Å². The molecule has 0 aliphatic rings. The molecule has 0 spiro atoms. The van der Waals surface area contributed by atoms with E-state index in [2.05, 4.69) is 0 Å². The zero-order chi connectivity index (χ0) is 21.1. The summed E-state index contributed by atoms with van der Waals surface area (Å²) in [5.74, 6) is -0.378. The van der Waals surface area contributed by atoms with E-state index in [1.807, 2.05) is 72.8 Å². The van der Waals surface area contributed by atoms with Crippen molar-refractivity contribution < 1.29 is 9.53 Å². The Kier molecular flexibility index (Phi) is 6.10. The van der Waals surface area contributed by atoms with Crippen LogP contribution in [0.4, 0.5) is 0 Å². The molecule has 0 amide bonds. The van der Waals surface area contributed by atoms with Gasteiger partial charge in [0.15, 0.2) is 5.75 Å². The Bertz CT molecular complexity index is 1210. The van der Waals surface area contributed by atoms with E-state index in [1.165, 1.54) is 12.1 Å². The monoisotopic (exact) mass is 452 g/mol. The lowest BCUT2D eigenvalue weighted by atomic mass is 9.93. The Balaban J connectivity index is 1.75. The molecule has 0 saturated heterocycles. The van der Waals surface area contributed by atoms with Crippen LogP contribution in [0.15, 0.2) is 91.0 Å². The molecule has 5 heteroatoms. The molecule has 148 valence electrons. The molecule has 0 saturated carbocycles. The van der Waals surface area contributed by atoms with Crippen molar-refractivity contribution in [3.63, 3.8) is 0 Å². The molecule has 0 heterocycles. The maximum Gasteiger partial charge on any atom is 0.343 e. The van der Waals surface area contributed by atoms with E-state index in [1.54, 1.807) is 6.07 Å². The van der Waals surface area contributed by atoms with Gasteiger partial charge in [-0.05, 0) is 40.5 Å². The summed E-state index contributed by atoms with van der Waals surface area (Å²) in [7, 11) is 0. The molecule has 30 heavy (non-hydrogen) atoms. The lowest BCUT2D eigenvalue weighted by Crippen LogP contribution is -2.09. The number of hydrogen-bond acceptors (Lipinski definition) is 2. The van der Waals surface area contributed by atoms with Crippen LogP contribution in [-0.4, -0.2) is 5.97 Å². The summed E-state index contributed by atoms with van der Waals surface area (Å²) in [6.07, 6.45) is 0. The first-order valence-electron chi connectivity index (χ1n) is 9.14. The van der Waals surface area contributed by atoms with Gasteiger partial charge in [0.05, 0.1) is 20.6 Å². The van der Waals surface area contributed by atoms with Crippen molar-refractivity contribution in [1.82, 2.24) is 0 Å². The molecule has 4 aromatic carbocycles. The molecule has 4 rings (SSSR count). The van der Waals surface area contributed by atoms with Gasteiger partial charge in [-0.3, -0.25) is 0 Å². The van der Waals surface area contributed by atoms with Gasteiger partial charge in [-0.25, -0.2) is 4.79 Å². The molecule has 0 aliphatic heterocycles. The van der Waals surface area contributed by atoms with Crippen LogP contribution in [0.2, 0.25) is 15.1 Å². The average molecular weight is 454 g/mol. The number of carbonyl (C=O) groups excluding carboxylic acids is 1. The van der Waals surface area contributed by atoms with E-state index in [4.69, 9.17) is 39.5 Å². The zero-order valence-corrected chi connectivity index (χ0v) is 17.9. The summed E-state index contributed by atoms with van der Waals surface area (Å²) in [5.41, 5.74) is 4.40. The molecule has 0 bridgehead atoms. The highest BCUT2D eigenvalue weighted by atomic mass is 35.5. The second-order valence-corrected chi connectivity index (χ2v) is 7.80. The lowest BCUT2D eigenvalue weighted by Gasteiger charge is -2.13. The second-order valence-electron chi connectivity index (χ2n) is 6.58. The minimum Gasteiger partial charge on any atom is -0.421 e. The molecule has 0 fully saturated rings. The molecule has 0 N–H and O–H groups in total. The number of hydrogen-bond donors (Lipinski definition) is 0. The van der Waals surface area contributed by atoms with Crippen molar-refractivity contribution in [3.8, 4) is 28.0 Å². The standard InChI is InChI=1S/C25H15Cl3O2/c26-21-14-23(28)24(15-22(21)27)30-25(29)18-11-12-19(16-7-3-1-4-8-16)20(13-18)17-9-5-2-6-10-17/h1-15H. The van der Waals surface area contributed by atoms with Crippen molar-refractivity contribution in [3.05, 3.63) is 112 Å². The smallest absolute Gasteiger partial charge is 0.343 e. The predicted octanol–water partition coefficient (Wildman–Crippen LogP) is 8.20. The number of carbonyl (C=O) groups is 1. The Morgan fingerprint density at radius 3 is 1.80 bits per heavy atom. The summed E-state index contributed by atoms with van der Waals surface area (Å²) in [5, 5.41) is 0.759. The van der Waals surface area contributed by atoms with Crippen LogP contribution >= 0.6 is 34.8 Å². The van der Waals surface area contributed by atoms with Crippen molar-refractivity contribution in [2.45, 2.75) is 0 Å². The van der Waals surface area contributed by atoms with Gasteiger partial charge in [0.1, 0.15) is 0 Å². The van der Waals surface area contributed by atoms with Crippen molar-refractivity contribution in [2.24, 2.45) is 0 Å². The second kappa shape index (κ2) is 8.93. The van der Waals surface area contributed by atoms with Crippen LogP contribution in [0.3, 0.4) is 0 Å². The Morgan fingerprint density at radius 2 is 1.17 bits per heavy atom. The van der Waals surface area contributed by atoms with Crippen LogP contribution in [0, 0.1) is 0 Å². The van der Waals surface area contributed by atoms with E-state index >= 15 is 0 Å². The van der Waals surface area contributed by atoms with Crippen molar-refractivity contribution >= 4 is 40.8 Å². The van der Waals surface area contributed by atoms with Crippen LogP contribution in [0.1, 0.15) is 10.4 Å². The lowest BCUT2D eigenvalue weighted by molar-refractivity contribution is 0.0735. The van der Waals surface area contributed by atoms with Gasteiger partial charge in [-0.15, -0.1) is 0 Å². The van der Waals surface area contributed by atoms with Crippen LogP contribution in [-0.2, 0) is 0 Å². The maximum absolute atomic E-state index is 12.8. The number of rotatable bonds is 4. The number of esters is 1. The fourth-order valence-corrected chi connectivity index (χ4v) is 3.71. The summed E-state index contributed by atoms with van der Waals surface area (Å²) < 4.78 is 5.49. The van der Waals surface area contributed by atoms with E-state index in [0.29, 0.717) is 10.6 Å². The normalized spacial score (nSPS) is 10.6. The summed E-state index contributed by atoms with van der Waals surface area (Å²) in [6.45, 7) is 0. The summed E-state index contributed by atoms with van der Waals surface area (Å²) in [6, 6.07) is 28.3. The largest absolute Gasteiger partial charge is 0.421 e. The summed E-state index contributed by atoms with van der Waals surface area (Å²) in [4.78, 5) is 12.8. The third-order valence-corrected chi connectivity index (χ3v) is 5.62. The fourth-order valence-electron chi connectivity index (χ4n) is 3.14. The van der Waals surface area contributed by atoms with Crippen LogP contribution < -0.4 is 4.74 Å². The number of halogens is 3. The quantitative estimate of drug-likeness (QED) is 0.177. The summed E-state index contributed by atoms with van der Waals surface area (Å²) >= 11 is 18.1. The van der Waals surface area contributed by atoms with Gasteiger partial charge in [-0.2, -0.15) is 0 Å². The molecule has 0 radical (unpaired) electrons. The molecule has 2 nitrogen and oxygen atoms in total. The highest BCUT2D eigenvalue weighted by Crippen LogP contribution is 2.36. The van der Waals surface area contributed by atoms with Gasteiger partial charge < -0.3 is 4.74 Å². The molecule has 4 aromatic rings. The fraction of sp³-hybridized carbons (Fsp3) is 0. The van der Waals surface area contributed by atoms with E-state index in [0.717, 1.165) is 22.3 Å². The van der Waals surface area contributed by atoms with Crippen LogP contribution in [0.25, 0.3) is 22.3 Å². The van der Waals surface area contributed by atoms with Gasteiger partial charge in [0, 0.05) is 6.07 Å². The predicted molar refractivity (Wildman–Crippen MR) is 124 cm³/mol. The minimum absolute atomic E-state index is 0.157. The Morgan fingerprint density at radius 1 is 0.600 bits per heavy atom. The molecule has 0 atom stereocenters. The Labute approximate surface area is 189 Å². The maximum atomic E-state index is 12.8. The number of ether oxygens (including phenoxy) is 1. The van der Waals surface area contributed by atoms with Crippen LogP contribution in [0.5, 0.6) is 5.75 Å². The molecule has 0 aromatic heterocycles. The first-order chi connectivity index (χ1) is 14.5. The SMILES string of the molecule is O=C(Oc1cc(Cl)c(Cl)cc1Cl)c1ccc(-c2ccccc2)c(-c2ccccc2)c1. The number of benzene rings is 4. The molecule has 0 aliphatic carbocycles. The zero-order valence-electron chi connectivity index (χ0n) is 15.6. The highest BCUT2D eigenvalue weighted by Gasteiger charge is 2.16.